The van der Waals surface area contributed by atoms with Crippen molar-refractivity contribution in [3.63, 3.8) is 0 Å². The topological polar surface area (TPSA) is 74.5 Å². The number of carbonyl (C=O) groups excluding carboxylic acids is 1. The van der Waals surface area contributed by atoms with Crippen LogP contribution in [-0.2, 0) is 0 Å². The maximum absolute atomic E-state index is 12.5. The number of carbonyl (C=O) groups is 1. The van der Waals surface area contributed by atoms with Gasteiger partial charge >= 0.3 is 6.03 Å². The van der Waals surface area contributed by atoms with Crippen LogP contribution in [0.3, 0.4) is 0 Å². The number of nitrogens with one attached hydrogen (secondary N) is 1. The Hall–Kier alpha value is -1.63. The van der Waals surface area contributed by atoms with E-state index in [9.17, 15) is 4.79 Å². The molecule has 0 atom stereocenters. The molecule has 2 amide bonds. The molecule has 0 saturated carbocycles. The van der Waals surface area contributed by atoms with Crippen LogP contribution in [-0.4, -0.2) is 64.2 Å². The van der Waals surface area contributed by atoms with Crippen LogP contribution in [0.15, 0.2) is 4.52 Å². The van der Waals surface area contributed by atoms with Crippen molar-refractivity contribution in [3.05, 3.63) is 11.7 Å². The first-order valence-electron chi connectivity index (χ1n) is 9.12. The van der Waals surface area contributed by atoms with Gasteiger partial charge in [0.2, 0.25) is 5.89 Å². The number of piperidine rings is 2. The average molecular weight is 335 g/mol. The third-order valence-corrected chi connectivity index (χ3v) is 5.26. The zero-order valence-corrected chi connectivity index (χ0v) is 15.0. The highest BCUT2D eigenvalue weighted by atomic mass is 16.5. The van der Waals surface area contributed by atoms with E-state index in [1.54, 1.807) is 0 Å². The molecule has 3 heterocycles. The van der Waals surface area contributed by atoms with Gasteiger partial charge in [-0.05, 0) is 46.5 Å². The molecule has 1 aromatic rings. The first-order valence-corrected chi connectivity index (χ1v) is 9.12. The van der Waals surface area contributed by atoms with Crippen LogP contribution in [0, 0.1) is 6.92 Å². The average Bonchev–Trinajstić information content (AvgIpc) is 3.02. The minimum atomic E-state index is 0.0816. The highest BCUT2D eigenvalue weighted by Crippen LogP contribution is 2.26. The van der Waals surface area contributed by atoms with Gasteiger partial charge in [0, 0.05) is 44.2 Å². The summed E-state index contributed by atoms with van der Waals surface area (Å²) >= 11 is 0. The summed E-state index contributed by atoms with van der Waals surface area (Å²) < 4.78 is 5.27. The molecule has 0 bridgehead atoms. The number of nitrogens with zero attached hydrogens (tertiary/aromatic N) is 4. The quantitative estimate of drug-likeness (QED) is 0.916. The number of rotatable bonds is 3. The highest BCUT2D eigenvalue weighted by molar-refractivity contribution is 5.74. The molecule has 0 spiro atoms. The summed E-state index contributed by atoms with van der Waals surface area (Å²) in [6, 6.07) is 0.982. The van der Waals surface area contributed by atoms with Crippen molar-refractivity contribution in [2.45, 2.75) is 64.5 Å². The predicted octanol–water partition coefficient (Wildman–Crippen LogP) is 2.14. The van der Waals surface area contributed by atoms with Crippen molar-refractivity contribution in [1.82, 2.24) is 25.3 Å². The van der Waals surface area contributed by atoms with Crippen molar-refractivity contribution in [2.75, 3.05) is 26.2 Å². The number of aromatic nitrogens is 2. The van der Waals surface area contributed by atoms with E-state index in [4.69, 9.17) is 4.52 Å². The highest BCUT2D eigenvalue weighted by Gasteiger charge is 2.29. The summed E-state index contributed by atoms with van der Waals surface area (Å²) in [7, 11) is 0. The summed E-state index contributed by atoms with van der Waals surface area (Å²) in [5.41, 5.74) is 0. The predicted molar refractivity (Wildman–Crippen MR) is 90.8 cm³/mol. The van der Waals surface area contributed by atoms with Crippen LogP contribution < -0.4 is 5.32 Å². The van der Waals surface area contributed by atoms with Crippen molar-refractivity contribution in [2.24, 2.45) is 0 Å². The third-order valence-electron chi connectivity index (χ3n) is 5.26. The van der Waals surface area contributed by atoms with E-state index in [0.717, 1.165) is 51.9 Å². The lowest BCUT2D eigenvalue weighted by molar-refractivity contribution is 0.145. The fourth-order valence-electron chi connectivity index (χ4n) is 3.63. The Bertz CT molecular complexity index is 543. The zero-order chi connectivity index (χ0) is 17.1. The Balaban J connectivity index is 1.42. The second kappa shape index (κ2) is 7.51. The van der Waals surface area contributed by atoms with E-state index < -0.39 is 0 Å². The Morgan fingerprint density at radius 1 is 1.17 bits per heavy atom. The second-order valence-electron chi connectivity index (χ2n) is 7.29. The molecule has 2 saturated heterocycles. The van der Waals surface area contributed by atoms with Crippen molar-refractivity contribution < 1.29 is 9.32 Å². The van der Waals surface area contributed by atoms with Gasteiger partial charge in [0.15, 0.2) is 5.82 Å². The number of hydrogen-bond donors (Lipinski definition) is 1. The standard InChI is InChI=1S/C17H29N5O2/c1-12(2)21-10-6-15(7-11-21)19-17(23)22-8-4-14(5-9-22)16-18-13(3)20-24-16/h12,14-15H,4-11H2,1-3H3,(H,19,23). The normalized spacial score (nSPS) is 21.4. The molecule has 24 heavy (non-hydrogen) atoms. The van der Waals surface area contributed by atoms with Gasteiger partial charge in [-0.15, -0.1) is 0 Å². The van der Waals surface area contributed by atoms with Crippen LogP contribution >= 0.6 is 0 Å². The minimum absolute atomic E-state index is 0.0816. The molecule has 1 N–H and O–H groups in total. The smallest absolute Gasteiger partial charge is 0.317 e. The lowest BCUT2D eigenvalue weighted by Gasteiger charge is -2.36. The Morgan fingerprint density at radius 3 is 2.38 bits per heavy atom. The molecule has 2 fully saturated rings. The molecule has 1 aromatic heterocycles. The molecule has 2 aliphatic rings. The summed E-state index contributed by atoms with van der Waals surface area (Å²) in [4.78, 5) is 21.2. The van der Waals surface area contributed by atoms with Gasteiger partial charge in [-0.3, -0.25) is 0 Å². The minimum Gasteiger partial charge on any atom is -0.339 e. The molecule has 3 rings (SSSR count). The van der Waals surface area contributed by atoms with Gasteiger partial charge < -0.3 is 19.6 Å². The van der Waals surface area contributed by atoms with Crippen molar-refractivity contribution in [3.8, 4) is 0 Å². The molecule has 0 radical (unpaired) electrons. The molecule has 0 unspecified atom stereocenters. The van der Waals surface area contributed by atoms with Gasteiger partial charge in [-0.1, -0.05) is 5.16 Å². The van der Waals surface area contributed by atoms with E-state index in [1.165, 1.54) is 0 Å². The number of aryl methyl sites for hydroxylation is 1. The zero-order valence-electron chi connectivity index (χ0n) is 15.0. The number of likely N-dealkylation sites (tertiary alicyclic amines) is 2. The lowest BCUT2D eigenvalue weighted by Crippen LogP contribution is -2.51. The van der Waals surface area contributed by atoms with E-state index in [0.29, 0.717) is 23.8 Å². The molecule has 7 heteroatoms. The summed E-state index contributed by atoms with van der Waals surface area (Å²) in [6.07, 6.45) is 3.87. The summed E-state index contributed by atoms with van der Waals surface area (Å²) in [5.74, 6) is 1.68. The molecule has 0 aliphatic carbocycles. The van der Waals surface area contributed by atoms with Gasteiger partial charge in [0.05, 0.1) is 0 Å². The third kappa shape index (κ3) is 4.06. The molecule has 2 aliphatic heterocycles. The number of amides is 2. The van der Waals surface area contributed by atoms with E-state index in [1.807, 2.05) is 11.8 Å². The van der Waals surface area contributed by atoms with Crippen LogP contribution in [0.5, 0.6) is 0 Å². The fourth-order valence-corrected chi connectivity index (χ4v) is 3.63. The van der Waals surface area contributed by atoms with Crippen LogP contribution in [0.4, 0.5) is 4.79 Å². The maximum Gasteiger partial charge on any atom is 0.317 e. The number of urea groups is 1. The van der Waals surface area contributed by atoms with E-state index in [2.05, 4.69) is 34.2 Å². The van der Waals surface area contributed by atoms with Gasteiger partial charge in [-0.2, -0.15) is 4.98 Å². The van der Waals surface area contributed by atoms with Gasteiger partial charge in [-0.25, -0.2) is 4.79 Å². The Labute approximate surface area is 143 Å². The van der Waals surface area contributed by atoms with E-state index >= 15 is 0 Å². The Kier molecular flexibility index (Phi) is 5.38. The van der Waals surface area contributed by atoms with Crippen LogP contribution in [0.25, 0.3) is 0 Å². The van der Waals surface area contributed by atoms with Crippen LogP contribution in [0.2, 0.25) is 0 Å². The van der Waals surface area contributed by atoms with Gasteiger partial charge in [0.1, 0.15) is 0 Å². The van der Waals surface area contributed by atoms with Crippen molar-refractivity contribution >= 4 is 6.03 Å². The molecule has 0 aromatic carbocycles. The van der Waals surface area contributed by atoms with Gasteiger partial charge in [0.25, 0.3) is 0 Å². The first-order chi connectivity index (χ1) is 11.5. The number of hydrogen-bond acceptors (Lipinski definition) is 5. The molecular formula is C17H29N5O2. The monoisotopic (exact) mass is 335 g/mol. The lowest BCUT2D eigenvalue weighted by atomic mass is 9.97. The van der Waals surface area contributed by atoms with Crippen LogP contribution in [0.1, 0.15) is 57.2 Å². The largest absolute Gasteiger partial charge is 0.339 e. The fraction of sp³-hybridized carbons (Fsp3) is 0.824. The maximum atomic E-state index is 12.5. The van der Waals surface area contributed by atoms with E-state index in [-0.39, 0.29) is 11.9 Å². The molecule has 7 nitrogen and oxygen atoms in total. The first kappa shape index (κ1) is 17.2. The molecular weight excluding hydrogens is 306 g/mol. The second-order valence-corrected chi connectivity index (χ2v) is 7.29. The summed E-state index contributed by atoms with van der Waals surface area (Å²) in [6.45, 7) is 9.94. The molecule has 134 valence electrons. The Morgan fingerprint density at radius 2 is 1.83 bits per heavy atom. The SMILES string of the molecule is Cc1noc(C2CCN(C(=O)NC3CCN(C(C)C)CC3)CC2)n1. The van der Waals surface area contributed by atoms with Crippen molar-refractivity contribution in [1.29, 1.82) is 0 Å². The summed E-state index contributed by atoms with van der Waals surface area (Å²) in [5, 5.41) is 7.07.